The quantitative estimate of drug-likeness (QED) is 0.571. The summed E-state index contributed by atoms with van der Waals surface area (Å²) in [4.78, 5) is 11.1. The minimum atomic E-state index is -0.278. The summed E-state index contributed by atoms with van der Waals surface area (Å²) in [6.45, 7) is 2.23. The summed E-state index contributed by atoms with van der Waals surface area (Å²) in [5.41, 5.74) is 2.45. The predicted molar refractivity (Wildman–Crippen MR) is 64.1 cm³/mol. The van der Waals surface area contributed by atoms with Crippen molar-refractivity contribution in [3.05, 3.63) is 41.5 Å². The van der Waals surface area contributed by atoms with Crippen molar-refractivity contribution in [2.45, 2.75) is 25.7 Å². The summed E-state index contributed by atoms with van der Waals surface area (Å²) in [5, 5.41) is 0. The van der Waals surface area contributed by atoms with E-state index in [2.05, 4.69) is 12.1 Å². The first-order chi connectivity index (χ1) is 7.79. The van der Waals surface area contributed by atoms with Crippen LogP contribution in [0.5, 0.6) is 0 Å². The maximum Gasteiger partial charge on any atom is 0.330 e. The lowest BCUT2D eigenvalue weighted by atomic mass is 10.1. The summed E-state index contributed by atoms with van der Waals surface area (Å²) >= 11 is 0. The Hall–Kier alpha value is -1.57. The molecule has 1 aromatic rings. The van der Waals surface area contributed by atoms with Crippen molar-refractivity contribution in [2.24, 2.45) is 0 Å². The van der Waals surface area contributed by atoms with Crippen LogP contribution in [0.2, 0.25) is 0 Å². The molecule has 2 heteroatoms. The maximum atomic E-state index is 11.1. The third-order valence-electron chi connectivity index (χ3n) is 2.66. The van der Waals surface area contributed by atoms with Gasteiger partial charge in [-0.1, -0.05) is 24.3 Å². The highest BCUT2D eigenvalue weighted by atomic mass is 16.5. The molecule has 16 heavy (non-hydrogen) atoms. The lowest BCUT2D eigenvalue weighted by Crippen LogP contribution is -1.98. The largest absolute Gasteiger partial charge is 0.463 e. The second-order valence-electron chi connectivity index (χ2n) is 4.03. The highest BCUT2D eigenvalue weighted by molar-refractivity contribution is 5.87. The second kappa shape index (κ2) is 4.97. The van der Waals surface area contributed by atoms with Gasteiger partial charge in [0.25, 0.3) is 0 Å². The van der Waals surface area contributed by atoms with E-state index in [9.17, 15) is 4.79 Å². The highest BCUT2D eigenvalue weighted by Gasteiger charge is 2.22. The fourth-order valence-corrected chi connectivity index (χ4v) is 1.69. The molecule has 1 saturated carbocycles. The predicted octanol–water partition coefficient (Wildman–Crippen LogP) is 3.14. The van der Waals surface area contributed by atoms with Crippen molar-refractivity contribution >= 4 is 12.0 Å². The zero-order valence-corrected chi connectivity index (χ0v) is 9.48. The molecule has 1 aliphatic rings. The number of esters is 1. The Bertz CT molecular complexity index is 403. The Balaban J connectivity index is 2.03. The van der Waals surface area contributed by atoms with Crippen LogP contribution in [0.15, 0.2) is 30.3 Å². The van der Waals surface area contributed by atoms with Crippen molar-refractivity contribution in [1.29, 1.82) is 0 Å². The molecule has 84 valence electrons. The van der Waals surface area contributed by atoms with Crippen LogP contribution in [0.3, 0.4) is 0 Å². The van der Waals surface area contributed by atoms with E-state index in [1.54, 1.807) is 6.92 Å². The van der Waals surface area contributed by atoms with Crippen LogP contribution < -0.4 is 0 Å². The number of rotatable bonds is 4. The van der Waals surface area contributed by atoms with Gasteiger partial charge in [-0.2, -0.15) is 0 Å². The first kappa shape index (κ1) is 10.9. The van der Waals surface area contributed by atoms with E-state index in [4.69, 9.17) is 4.74 Å². The van der Waals surface area contributed by atoms with E-state index in [1.165, 1.54) is 24.5 Å². The van der Waals surface area contributed by atoms with E-state index in [0.29, 0.717) is 6.61 Å². The van der Waals surface area contributed by atoms with Gasteiger partial charge in [0.05, 0.1) is 6.61 Å². The lowest BCUT2D eigenvalue weighted by molar-refractivity contribution is -0.137. The van der Waals surface area contributed by atoms with Crippen molar-refractivity contribution in [3.63, 3.8) is 0 Å². The van der Waals surface area contributed by atoms with E-state index in [1.807, 2.05) is 18.2 Å². The van der Waals surface area contributed by atoms with Crippen LogP contribution in [0.4, 0.5) is 0 Å². The summed E-state index contributed by atoms with van der Waals surface area (Å²) in [5.74, 6) is 0.468. The van der Waals surface area contributed by atoms with Crippen LogP contribution in [0, 0.1) is 0 Å². The maximum absolute atomic E-state index is 11.1. The van der Waals surface area contributed by atoms with Gasteiger partial charge < -0.3 is 4.74 Å². The zero-order valence-electron chi connectivity index (χ0n) is 9.48. The normalized spacial score (nSPS) is 15.3. The third-order valence-corrected chi connectivity index (χ3v) is 2.66. The number of hydrogen-bond donors (Lipinski definition) is 0. The molecule has 0 aliphatic heterocycles. The third kappa shape index (κ3) is 2.96. The van der Waals surface area contributed by atoms with Gasteiger partial charge in [0.15, 0.2) is 0 Å². The van der Waals surface area contributed by atoms with Crippen LogP contribution in [-0.2, 0) is 9.53 Å². The number of ether oxygens (including phenoxy) is 1. The standard InChI is InChI=1S/C14H16O2/c1-2-16-14(15)9-6-11-4-3-5-13(10-11)12-7-8-12/h3-6,9-10,12H,2,7-8H2,1H3/b9-6+. The summed E-state index contributed by atoms with van der Waals surface area (Å²) in [7, 11) is 0. The molecule has 2 nitrogen and oxygen atoms in total. The number of hydrogen-bond acceptors (Lipinski definition) is 2. The van der Waals surface area contributed by atoms with E-state index in [0.717, 1.165) is 11.5 Å². The van der Waals surface area contributed by atoms with Crippen LogP contribution >= 0.6 is 0 Å². The molecule has 0 unspecified atom stereocenters. The fraction of sp³-hybridized carbons (Fsp3) is 0.357. The SMILES string of the molecule is CCOC(=O)/C=C/c1cccc(C2CC2)c1. The van der Waals surface area contributed by atoms with Gasteiger partial charge >= 0.3 is 5.97 Å². The molecule has 0 spiro atoms. The van der Waals surface area contributed by atoms with Crippen LogP contribution in [0.1, 0.15) is 36.8 Å². The molecule has 1 aliphatic carbocycles. The fourth-order valence-electron chi connectivity index (χ4n) is 1.69. The Labute approximate surface area is 95.9 Å². The first-order valence-corrected chi connectivity index (χ1v) is 5.74. The molecule has 0 saturated heterocycles. The molecule has 0 amide bonds. The molecule has 0 bridgehead atoms. The Kier molecular flexibility index (Phi) is 3.40. The van der Waals surface area contributed by atoms with Gasteiger partial charge in [0, 0.05) is 6.08 Å². The Morgan fingerprint density at radius 3 is 3.00 bits per heavy atom. The highest BCUT2D eigenvalue weighted by Crippen LogP contribution is 2.40. The van der Waals surface area contributed by atoms with E-state index < -0.39 is 0 Å². The van der Waals surface area contributed by atoms with E-state index in [-0.39, 0.29) is 5.97 Å². The van der Waals surface area contributed by atoms with Gasteiger partial charge in [0.1, 0.15) is 0 Å². The molecule has 0 N–H and O–H groups in total. The molecule has 1 aromatic carbocycles. The summed E-state index contributed by atoms with van der Waals surface area (Å²) in [6, 6.07) is 8.34. The van der Waals surface area contributed by atoms with Gasteiger partial charge in [-0.25, -0.2) is 4.79 Å². The lowest BCUT2D eigenvalue weighted by Gasteiger charge is -1.99. The minimum absolute atomic E-state index is 0.278. The van der Waals surface area contributed by atoms with Crippen molar-refractivity contribution in [3.8, 4) is 0 Å². The summed E-state index contributed by atoms with van der Waals surface area (Å²) < 4.78 is 4.83. The van der Waals surface area contributed by atoms with E-state index >= 15 is 0 Å². The molecule has 1 fully saturated rings. The van der Waals surface area contributed by atoms with Gasteiger partial charge in [-0.3, -0.25) is 0 Å². The topological polar surface area (TPSA) is 26.3 Å². The zero-order chi connectivity index (χ0) is 11.4. The molecular formula is C14H16O2. The Morgan fingerprint density at radius 2 is 2.31 bits per heavy atom. The van der Waals surface area contributed by atoms with Gasteiger partial charge in [-0.05, 0) is 42.9 Å². The van der Waals surface area contributed by atoms with Crippen molar-refractivity contribution in [1.82, 2.24) is 0 Å². The van der Waals surface area contributed by atoms with Crippen molar-refractivity contribution in [2.75, 3.05) is 6.61 Å². The minimum Gasteiger partial charge on any atom is -0.463 e. The smallest absolute Gasteiger partial charge is 0.330 e. The van der Waals surface area contributed by atoms with Crippen LogP contribution in [-0.4, -0.2) is 12.6 Å². The average Bonchev–Trinajstić information content (AvgIpc) is 3.11. The van der Waals surface area contributed by atoms with Gasteiger partial charge in [-0.15, -0.1) is 0 Å². The average molecular weight is 216 g/mol. The molecule has 0 aromatic heterocycles. The molecule has 0 atom stereocenters. The summed E-state index contributed by atoms with van der Waals surface area (Å²) in [6.07, 6.45) is 5.88. The Morgan fingerprint density at radius 1 is 1.50 bits per heavy atom. The molecule has 0 heterocycles. The molecular weight excluding hydrogens is 200 g/mol. The second-order valence-corrected chi connectivity index (χ2v) is 4.03. The van der Waals surface area contributed by atoms with Crippen molar-refractivity contribution < 1.29 is 9.53 Å². The number of benzene rings is 1. The van der Waals surface area contributed by atoms with Crippen LogP contribution in [0.25, 0.3) is 6.08 Å². The number of carbonyl (C=O) groups is 1. The molecule has 2 rings (SSSR count). The number of carbonyl (C=O) groups excluding carboxylic acids is 1. The van der Waals surface area contributed by atoms with Gasteiger partial charge in [0.2, 0.25) is 0 Å². The first-order valence-electron chi connectivity index (χ1n) is 5.74. The monoisotopic (exact) mass is 216 g/mol. The molecule has 0 radical (unpaired) electrons.